The van der Waals surface area contributed by atoms with E-state index in [4.69, 9.17) is 5.84 Å². The van der Waals surface area contributed by atoms with Crippen LogP contribution in [0.2, 0.25) is 0 Å². The van der Waals surface area contributed by atoms with Crippen LogP contribution in [0.4, 0.5) is 14.6 Å². The van der Waals surface area contributed by atoms with Gasteiger partial charge in [0.05, 0.1) is 11.0 Å². The van der Waals surface area contributed by atoms with Gasteiger partial charge in [-0.15, -0.1) is 0 Å². The first-order chi connectivity index (χ1) is 10.0. The van der Waals surface area contributed by atoms with Crippen molar-refractivity contribution in [3.8, 4) is 5.82 Å². The number of pyridine rings is 1. The van der Waals surface area contributed by atoms with Crippen molar-refractivity contribution in [3.05, 3.63) is 47.3 Å². The monoisotopic (exact) mass is 289 g/mol. The number of aromatic nitrogens is 3. The van der Waals surface area contributed by atoms with Crippen LogP contribution in [0.15, 0.2) is 24.5 Å². The van der Waals surface area contributed by atoms with Crippen molar-refractivity contribution >= 4 is 16.9 Å². The number of benzene rings is 1. The van der Waals surface area contributed by atoms with Crippen LogP contribution in [-0.2, 0) is 0 Å². The molecule has 108 valence electrons. The van der Waals surface area contributed by atoms with E-state index in [1.165, 1.54) is 10.9 Å². The normalized spacial score (nSPS) is 11.1. The number of nitrogens with two attached hydrogens (primary N) is 1. The first kappa shape index (κ1) is 13.4. The van der Waals surface area contributed by atoms with Gasteiger partial charge >= 0.3 is 0 Å². The predicted molar refractivity (Wildman–Crippen MR) is 76.1 cm³/mol. The number of aryl methyl sites for hydroxylation is 2. The number of hydrogen-bond acceptors (Lipinski definition) is 4. The van der Waals surface area contributed by atoms with Gasteiger partial charge in [0.1, 0.15) is 6.33 Å². The van der Waals surface area contributed by atoms with E-state index in [-0.39, 0.29) is 11.6 Å². The Hall–Kier alpha value is -2.54. The van der Waals surface area contributed by atoms with Crippen molar-refractivity contribution in [2.45, 2.75) is 13.8 Å². The maximum Gasteiger partial charge on any atom is 0.178 e. The number of halogens is 2. The maximum atomic E-state index is 14.0. The fraction of sp³-hybridized carbons (Fsp3) is 0.143. The zero-order valence-corrected chi connectivity index (χ0v) is 11.5. The zero-order valence-electron chi connectivity index (χ0n) is 11.5. The number of nitrogens with zero attached hydrogens (tertiary/aromatic N) is 3. The Bertz CT molecular complexity index is 841. The fourth-order valence-corrected chi connectivity index (χ4v) is 2.16. The van der Waals surface area contributed by atoms with Gasteiger partial charge in [-0.1, -0.05) is 0 Å². The molecule has 3 rings (SSSR count). The molecule has 3 N–H and O–H groups in total. The summed E-state index contributed by atoms with van der Waals surface area (Å²) in [5.41, 5.74) is 5.65. The molecule has 0 aliphatic carbocycles. The molecule has 0 aliphatic rings. The average molecular weight is 289 g/mol. The van der Waals surface area contributed by atoms with Gasteiger partial charge in [0.2, 0.25) is 0 Å². The molecule has 0 amide bonds. The molecule has 2 heterocycles. The Morgan fingerprint density at radius 1 is 1.10 bits per heavy atom. The van der Waals surface area contributed by atoms with Gasteiger partial charge in [0.25, 0.3) is 0 Å². The van der Waals surface area contributed by atoms with Crippen molar-refractivity contribution < 1.29 is 8.78 Å². The quantitative estimate of drug-likeness (QED) is 0.562. The van der Waals surface area contributed by atoms with Crippen LogP contribution in [0.1, 0.15) is 11.1 Å². The Morgan fingerprint density at radius 3 is 2.52 bits per heavy atom. The Kier molecular flexibility index (Phi) is 3.06. The third-order valence-electron chi connectivity index (χ3n) is 3.44. The second-order valence-corrected chi connectivity index (χ2v) is 4.81. The van der Waals surface area contributed by atoms with E-state index in [1.807, 2.05) is 26.0 Å². The van der Waals surface area contributed by atoms with E-state index in [9.17, 15) is 8.78 Å². The minimum Gasteiger partial charge on any atom is -0.306 e. The van der Waals surface area contributed by atoms with E-state index in [0.29, 0.717) is 11.0 Å². The summed E-state index contributed by atoms with van der Waals surface area (Å²) in [6, 6.07) is 4.53. The van der Waals surface area contributed by atoms with Crippen LogP contribution >= 0.6 is 0 Å². The second kappa shape index (κ2) is 4.78. The van der Waals surface area contributed by atoms with Crippen LogP contribution in [0.25, 0.3) is 16.9 Å². The molecular weight excluding hydrogens is 276 g/mol. The average Bonchev–Trinajstić information content (AvgIpc) is 2.82. The first-order valence-electron chi connectivity index (χ1n) is 6.28. The molecule has 0 spiro atoms. The zero-order chi connectivity index (χ0) is 15.1. The number of fused-ring (bicyclic) bond motifs is 1. The van der Waals surface area contributed by atoms with E-state index in [1.54, 1.807) is 0 Å². The van der Waals surface area contributed by atoms with Gasteiger partial charge in [-0.3, -0.25) is 4.57 Å². The second-order valence-electron chi connectivity index (χ2n) is 4.81. The predicted octanol–water partition coefficient (Wildman–Crippen LogP) is 2.60. The van der Waals surface area contributed by atoms with Gasteiger partial charge < -0.3 is 5.43 Å². The van der Waals surface area contributed by atoms with Crippen LogP contribution in [-0.4, -0.2) is 14.5 Å². The number of imidazole rings is 1. The molecular formula is C14H13F2N5. The summed E-state index contributed by atoms with van der Waals surface area (Å²) in [4.78, 5) is 8.10. The largest absolute Gasteiger partial charge is 0.306 e. The van der Waals surface area contributed by atoms with E-state index >= 15 is 0 Å². The lowest BCUT2D eigenvalue weighted by atomic mass is 10.1. The molecule has 21 heavy (non-hydrogen) atoms. The lowest BCUT2D eigenvalue weighted by molar-refractivity contribution is 0.569. The van der Waals surface area contributed by atoms with Crippen LogP contribution in [0.3, 0.4) is 0 Å². The summed E-state index contributed by atoms with van der Waals surface area (Å²) in [6.07, 6.45) is 1.45. The summed E-state index contributed by atoms with van der Waals surface area (Å²) in [6.45, 7) is 3.92. The minimum absolute atomic E-state index is 0.0601. The topological polar surface area (TPSA) is 68.8 Å². The fourth-order valence-electron chi connectivity index (χ4n) is 2.16. The molecule has 0 atom stereocenters. The van der Waals surface area contributed by atoms with Gasteiger partial charge in [0.15, 0.2) is 23.3 Å². The van der Waals surface area contributed by atoms with Gasteiger partial charge in [-0.05, 0) is 37.1 Å². The number of hydrogen-bond donors (Lipinski definition) is 2. The summed E-state index contributed by atoms with van der Waals surface area (Å²) >= 11 is 0. The standard InChI is InChI=1S/C14H13F2N5/c1-7-3-11-12(4-8(7)2)21(6-18-11)14-10(16)5-9(15)13(19-14)20-17/h3-6H,17H2,1-2H3,(H,19,20). The van der Waals surface area contributed by atoms with Crippen LogP contribution in [0.5, 0.6) is 0 Å². The molecule has 0 radical (unpaired) electrons. The molecule has 0 bridgehead atoms. The molecule has 0 fully saturated rings. The van der Waals surface area contributed by atoms with Crippen molar-refractivity contribution in [2.75, 3.05) is 5.43 Å². The lowest BCUT2D eigenvalue weighted by Crippen LogP contribution is -2.13. The van der Waals surface area contributed by atoms with Gasteiger partial charge in [0, 0.05) is 6.07 Å². The molecule has 0 aliphatic heterocycles. The minimum atomic E-state index is -0.852. The molecule has 1 aromatic carbocycles. The third-order valence-corrected chi connectivity index (χ3v) is 3.44. The van der Waals surface area contributed by atoms with Gasteiger partial charge in [-0.2, -0.15) is 0 Å². The van der Waals surface area contributed by atoms with Crippen molar-refractivity contribution in [2.24, 2.45) is 5.84 Å². The molecule has 2 aromatic heterocycles. The summed E-state index contributed by atoms with van der Waals surface area (Å²) in [7, 11) is 0. The van der Waals surface area contributed by atoms with Gasteiger partial charge in [-0.25, -0.2) is 24.6 Å². The number of rotatable bonds is 2. The Balaban J connectivity index is 2.28. The molecule has 7 heteroatoms. The highest BCUT2D eigenvalue weighted by Gasteiger charge is 2.15. The lowest BCUT2D eigenvalue weighted by Gasteiger charge is -2.09. The van der Waals surface area contributed by atoms with Crippen molar-refractivity contribution in [1.82, 2.24) is 14.5 Å². The van der Waals surface area contributed by atoms with Crippen molar-refractivity contribution in [3.63, 3.8) is 0 Å². The van der Waals surface area contributed by atoms with Crippen LogP contribution in [0, 0.1) is 25.5 Å². The molecule has 0 saturated heterocycles. The Labute approximate surface area is 119 Å². The number of nitrogen functional groups attached to an aromatic ring is 1. The third kappa shape index (κ3) is 2.11. The van der Waals surface area contributed by atoms with E-state index in [2.05, 4.69) is 15.4 Å². The number of nitrogens with one attached hydrogen (secondary N) is 1. The van der Waals surface area contributed by atoms with Crippen LogP contribution < -0.4 is 11.3 Å². The Morgan fingerprint density at radius 2 is 1.81 bits per heavy atom. The number of hydrazine groups is 1. The highest BCUT2D eigenvalue weighted by molar-refractivity contribution is 5.79. The smallest absolute Gasteiger partial charge is 0.178 e. The highest BCUT2D eigenvalue weighted by atomic mass is 19.1. The SMILES string of the molecule is Cc1cc2ncn(-c3nc(NN)c(F)cc3F)c2cc1C. The molecule has 3 aromatic rings. The summed E-state index contributed by atoms with van der Waals surface area (Å²) in [5, 5.41) is 0. The molecule has 5 nitrogen and oxygen atoms in total. The molecule has 0 unspecified atom stereocenters. The summed E-state index contributed by atoms with van der Waals surface area (Å²) < 4.78 is 28.9. The number of anilines is 1. The molecule has 0 saturated carbocycles. The summed E-state index contributed by atoms with van der Waals surface area (Å²) in [5.74, 6) is 3.26. The maximum absolute atomic E-state index is 14.0. The van der Waals surface area contributed by atoms with E-state index in [0.717, 1.165) is 17.2 Å². The first-order valence-corrected chi connectivity index (χ1v) is 6.28. The highest BCUT2D eigenvalue weighted by Crippen LogP contribution is 2.24. The van der Waals surface area contributed by atoms with E-state index < -0.39 is 11.6 Å². The van der Waals surface area contributed by atoms with Crippen molar-refractivity contribution in [1.29, 1.82) is 0 Å².